The predicted molar refractivity (Wildman–Crippen MR) is 62.1 cm³/mol. The molecule has 0 bridgehead atoms. The lowest BCUT2D eigenvalue weighted by molar-refractivity contribution is 0.223. The summed E-state index contributed by atoms with van der Waals surface area (Å²) in [5.41, 5.74) is 1.93. The Bertz CT molecular complexity index is 464. The van der Waals surface area contributed by atoms with E-state index in [9.17, 15) is 5.11 Å². The van der Waals surface area contributed by atoms with Crippen LogP contribution in [0.25, 0.3) is 0 Å². The van der Waals surface area contributed by atoms with E-state index in [4.69, 9.17) is 0 Å². The summed E-state index contributed by atoms with van der Waals surface area (Å²) in [6, 6.07) is 5.95. The summed E-state index contributed by atoms with van der Waals surface area (Å²) in [6.07, 6.45) is 2.96. The van der Waals surface area contributed by atoms with Gasteiger partial charge in [-0.2, -0.15) is 0 Å². The molecule has 0 aliphatic heterocycles. The first-order valence-corrected chi connectivity index (χ1v) is 5.64. The van der Waals surface area contributed by atoms with Crippen LogP contribution in [0.15, 0.2) is 30.6 Å². The zero-order valence-corrected chi connectivity index (χ0v) is 9.58. The molecule has 2 rings (SSSR count). The van der Waals surface area contributed by atoms with Gasteiger partial charge in [0, 0.05) is 27.7 Å². The number of pyridine rings is 1. The first-order chi connectivity index (χ1) is 7.16. The van der Waals surface area contributed by atoms with Crippen molar-refractivity contribution >= 4 is 11.3 Å². The molecule has 0 amide bonds. The van der Waals surface area contributed by atoms with E-state index in [1.165, 1.54) is 4.88 Å². The summed E-state index contributed by atoms with van der Waals surface area (Å²) < 4.78 is 0. The van der Waals surface area contributed by atoms with Crippen LogP contribution in [0, 0.1) is 13.8 Å². The first-order valence-electron chi connectivity index (χ1n) is 4.83. The van der Waals surface area contributed by atoms with Crippen molar-refractivity contribution in [1.82, 2.24) is 4.98 Å². The van der Waals surface area contributed by atoms with Gasteiger partial charge in [0.2, 0.25) is 0 Å². The second-order valence-corrected chi connectivity index (χ2v) is 4.97. The summed E-state index contributed by atoms with van der Waals surface area (Å²) >= 11 is 1.62. The Morgan fingerprint density at radius 2 is 2.07 bits per heavy atom. The number of nitrogens with zero attached hydrogens (tertiary/aromatic N) is 1. The molecule has 2 aromatic rings. The van der Waals surface area contributed by atoms with E-state index in [0.717, 1.165) is 16.0 Å². The lowest BCUT2D eigenvalue weighted by atomic mass is 10.1. The van der Waals surface area contributed by atoms with Gasteiger partial charge >= 0.3 is 0 Å². The fourth-order valence-corrected chi connectivity index (χ4v) is 2.38. The number of hydrogen-bond acceptors (Lipinski definition) is 3. The van der Waals surface area contributed by atoms with Gasteiger partial charge in [-0.15, -0.1) is 11.3 Å². The quantitative estimate of drug-likeness (QED) is 0.842. The van der Waals surface area contributed by atoms with Crippen molar-refractivity contribution in [3.05, 3.63) is 51.5 Å². The van der Waals surface area contributed by atoms with Crippen molar-refractivity contribution in [1.29, 1.82) is 0 Å². The third-order valence-electron chi connectivity index (χ3n) is 2.24. The predicted octanol–water partition coefficient (Wildman–Crippen LogP) is 2.84. The van der Waals surface area contributed by atoms with Gasteiger partial charge in [0.25, 0.3) is 0 Å². The van der Waals surface area contributed by atoms with Crippen LogP contribution in [0.4, 0.5) is 0 Å². The largest absolute Gasteiger partial charge is 0.383 e. The average molecular weight is 219 g/mol. The Balaban J connectivity index is 2.32. The van der Waals surface area contributed by atoms with Crippen molar-refractivity contribution in [3.8, 4) is 0 Å². The smallest absolute Gasteiger partial charge is 0.115 e. The molecule has 2 heterocycles. The van der Waals surface area contributed by atoms with E-state index < -0.39 is 6.10 Å². The maximum Gasteiger partial charge on any atom is 0.115 e. The van der Waals surface area contributed by atoms with Gasteiger partial charge in [0.1, 0.15) is 6.10 Å². The van der Waals surface area contributed by atoms with E-state index in [1.54, 1.807) is 23.7 Å². The zero-order valence-electron chi connectivity index (χ0n) is 8.77. The van der Waals surface area contributed by atoms with Crippen molar-refractivity contribution in [3.63, 3.8) is 0 Å². The molecule has 1 atom stereocenters. The Morgan fingerprint density at radius 3 is 2.67 bits per heavy atom. The van der Waals surface area contributed by atoms with E-state index in [-0.39, 0.29) is 0 Å². The lowest BCUT2D eigenvalue weighted by Gasteiger charge is -2.08. The van der Waals surface area contributed by atoms with Crippen molar-refractivity contribution in [2.24, 2.45) is 0 Å². The molecule has 3 heteroatoms. The summed E-state index contributed by atoms with van der Waals surface area (Å²) in [5, 5.41) is 10.1. The average Bonchev–Trinajstić information content (AvgIpc) is 2.64. The molecule has 78 valence electrons. The molecular weight excluding hydrogens is 206 g/mol. The van der Waals surface area contributed by atoms with Crippen LogP contribution >= 0.6 is 11.3 Å². The minimum absolute atomic E-state index is 0.545. The maximum absolute atomic E-state index is 10.1. The lowest BCUT2D eigenvalue weighted by Crippen LogP contribution is -1.98. The number of aryl methyl sites for hydroxylation is 2. The van der Waals surface area contributed by atoms with Gasteiger partial charge in [0.15, 0.2) is 0 Å². The highest BCUT2D eigenvalue weighted by atomic mass is 32.1. The highest BCUT2D eigenvalue weighted by molar-refractivity contribution is 7.12. The van der Waals surface area contributed by atoms with Gasteiger partial charge < -0.3 is 5.11 Å². The van der Waals surface area contributed by atoms with Crippen LogP contribution in [0.1, 0.15) is 27.0 Å². The Labute approximate surface area is 93.2 Å². The second-order valence-electron chi connectivity index (χ2n) is 3.65. The van der Waals surface area contributed by atoms with Crippen LogP contribution in [0.2, 0.25) is 0 Å². The van der Waals surface area contributed by atoms with Crippen LogP contribution in [0.5, 0.6) is 0 Å². The van der Waals surface area contributed by atoms with Crippen molar-refractivity contribution < 1.29 is 5.11 Å². The molecule has 2 nitrogen and oxygen atoms in total. The van der Waals surface area contributed by atoms with E-state index in [2.05, 4.69) is 4.98 Å². The highest BCUT2D eigenvalue weighted by Gasteiger charge is 2.12. The van der Waals surface area contributed by atoms with E-state index in [1.807, 2.05) is 32.0 Å². The van der Waals surface area contributed by atoms with Gasteiger partial charge in [-0.05, 0) is 31.5 Å². The third kappa shape index (κ3) is 2.25. The van der Waals surface area contributed by atoms with Gasteiger partial charge in [0.05, 0.1) is 0 Å². The molecule has 0 aliphatic carbocycles. The number of aliphatic hydroxyl groups is 1. The second kappa shape index (κ2) is 4.13. The Kier molecular flexibility index (Phi) is 2.84. The fourth-order valence-electron chi connectivity index (χ4n) is 1.49. The zero-order chi connectivity index (χ0) is 10.8. The topological polar surface area (TPSA) is 33.1 Å². The number of aromatic nitrogens is 1. The Morgan fingerprint density at radius 1 is 1.27 bits per heavy atom. The van der Waals surface area contributed by atoms with Gasteiger partial charge in [-0.25, -0.2) is 0 Å². The minimum Gasteiger partial charge on any atom is -0.383 e. The summed E-state index contributed by atoms with van der Waals surface area (Å²) in [5.74, 6) is 0. The summed E-state index contributed by atoms with van der Waals surface area (Å²) in [4.78, 5) is 6.27. The molecule has 0 saturated carbocycles. The number of thiophene rings is 1. The van der Waals surface area contributed by atoms with Gasteiger partial charge in [-0.1, -0.05) is 6.07 Å². The van der Waals surface area contributed by atoms with Crippen LogP contribution in [0.3, 0.4) is 0 Å². The normalized spacial score (nSPS) is 12.7. The van der Waals surface area contributed by atoms with E-state index >= 15 is 0 Å². The molecular formula is C12H13NOS. The van der Waals surface area contributed by atoms with Crippen molar-refractivity contribution in [2.45, 2.75) is 20.0 Å². The first kappa shape index (κ1) is 10.3. The number of rotatable bonds is 2. The van der Waals surface area contributed by atoms with Crippen LogP contribution < -0.4 is 0 Å². The maximum atomic E-state index is 10.1. The molecule has 1 N–H and O–H groups in total. The monoisotopic (exact) mass is 219 g/mol. The van der Waals surface area contributed by atoms with Crippen molar-refractivity contribution in [2.75, 3.05) is 0 Å². The molecule has 0 fully saturated rings. The highest BCUT2D eigenvalue weighted by Crippen LogP contribution is 2.27. The minimum atomic E-state index is -0.545. The van der Waals surface area contributed by atoms with Crippen LogP contribution in [-0.2, 0) is 0 Å². The number of aliphatic hydroxyl groups excluding tert-OH is 1. The molecule has 2 aromatic heterocycles. The standard InChI is InChI=1S/C12H13NOS/c1-8-5-10(7-13-6-8)12(14)11-4-3-9(2)15-11/h3-7,12,14H,1-2H3. The molecule has 0 spiro atoms. The van der Waals surface area contributed by atoms with Crippen LogP contribution in [-0.4, -0.2) is 10.1 Å². The molecule has 0 aromatic carbocycles. The third-order valence-corrected chi connectivity index (χ3v) is 3.30. The molecule has 1 unspecified atom stereocenters. The molecule has 0 aliphatic rings. The SMILES string of the molecule is Cc1cncc(C(O)c2ccc(C)s2)c1. The summed E-state index contributed by atoms with van der Waals surface area (Å²) in [6.45, 7) is 4.01. The van der Waals surface area contributed by atoms with Gasteiger partial charge in [-0.3, -0.25) is 4.98 Å². The fraction of sp³-hybridized carbons (Fsp3) is 0.250. The Hall–Kier alpha value is -1.19. The summed E-state index contributed by atoms with van der Waals surface area (Å²) in [7, 11) is 0. The number of hydrogen-bond donors (Lipinski definition) is 1. The molecule has 15 heavy (non-hydrogen) atoms. The molecule has 0 saturated heterocycles. The van der Waals surface area contributed by atoms with E-state index in [0.29, 0.717) is 0 Å². The molecule has 0 radical (unpaired) electrons.